The van der Waals surface area contributed by atoms with E-state index >= 15 is 0 Å². The first kappa shape index (κ1) is 19.2. The van der Waals surface area contributed by atoms with Gasteiger partial charge in [-0.3, -0.25) is 9.59 Å². The lowest BCUT2D eigenvalue weighted by atomic mass is 10.2. The van der Waals surface area contributed by atoms with Crippen LogP contribution >= 0.6 is 23.1 Å². The van der Waals surface area contributed by atoms with Crippen molar-refractivity contribution in [1.29, 1.82) is 0 Å². The molecule has 134 valence electrons. The summed E-state index contributed by atoms with van der Waals surface area (Å²) in [7, 11) is 0. The molecule has 0 unspecified atom stereocenters. The minimum atomic E-state index is -0.554. The van der Waals surface area contributed by atoms with Crippen LogP contribution in [-0.4, -0.2) is 40.4 Å². The van der Waals surface area contributed by atoms with Crippen LogP contribution in [0.25, 0.3) is 0 Å². The Bertz CT molecular complexity index is 718. The minimum absolute atomic E-state index is 0.183. The summed E-state index contributed by atoms with van der Waals surface area (Å²) in [5.41, 5.74) is 2.12. The number of nitrogens with zero attached hydrogens (tertiary/aromatic N) is 2. The molecule has 1 aromatic heterocycles. The Balaban J connectivity index is 1.80. The zero-order chi connectivity index (χ0) is 18.2. The van der Waals surface area contributed by atoms with Crippen LogP contribution in [-0.2, 0) is 9.59 Å². The number of likely N-dealkylation sites (N-methyl/N-ethyl adjacent to an activating group) is 1. The lowest BCUT2D eigenvalue weighted by Crippen LogP contribution is -2.45. The Labute approximate surface area is 155 Å². The van der Waals surface area contributed by atoms with E-state index in [1.807, 2.05) is 38.1 Å². The van der Waals surface area contributed by atoms with Crippen LogP contribution in [0.15, 0.2) is 28.6 Å². The third-order valence-corrected chi connectivity index (χ3v) is 5.13. The average molecular weight is 380 g/mol. The van der Waals surface area contributed by atoms with E-state index in [-0.39, 0.29) is 17.6 Å². The van der Waals surface area contributed by atoms with E-state index in [4.69, 9.17) is 0 Å². The first-order valence-corrected chi connectivity index (χ1v) is 9.65. The second-order valence-corrected chi connectivity index (χ2v) is 7.54. The summed E-state index contributed by atoms with van der Waals surface area (Å²) in [5.74, 6) is -0.225. The number of benzene rings is 1. The predicted molar refractivity (Wildman–Crippen MR) is 101 cm³/mol. The molecule has 2 rings (SSSR count). The standard InChI is InChI=1S/C16H21N5O2S2/c1-4-17-14(23)11(3)18-13(22)9-24-16-21-20-15(25-16)19-12-7-5-10(2)6-8-12/h5-8,11H,4,9H2,1-3H3,(H,17,23)(H,18,22)(H,19,20)/t11-/m0/s1. The molecule has 1 atom stereocenters. The summed E-state index contributed by atoms with van der Waals surface area (Å²) in [6.45, 7) is 6.05. The number of rotatable bonds is 8. The molecule has 2 amide bonds. The normalized spacial score (nSPS) is 11.6. The Morgan fingerprint density at radius 3 is 2.64 bits per heavy atom. The van der Waals surface area contributed by atoms with Crippen molar-refractivity contribution in [2.75, 3.05) is 17.6 Å². The highest BCUT2D eigenvalue weighted by molar-refractivity contribution is 8.01. The highest BCUT2D eigenvalue weighted by Crippen LogP contribution is 2.27. The molecule has 7 nitrogen and oxygen atoms in total. The SMILES string of the molecule is CCNC(=O)[C@H](C)NC(=O)CSc1nnc(Nc2ccc(C)cc2)s1. The van der Waals surface area contributed by atoms with E-state index in [9.17, 15) is 9.59 Å². The van der Waals surface area contributed by atoms with Gasteiger partial charge in [-0.15, -0.1) is 10.2 Å². The molecular weight excluding hydrogens is 358 g/mol. The number of carbonyl (C=O) groups is 2. The van der Waals surface area contributed by atoms with Crippen molar-refractivity contribution in [3.63, 3.8) is 0 Å². The molecule has 3 N–H and O–H groups in total. The lowest BCUT2D eigenvalue weighted by Gasteiger charge is -2.12. The fourth-order valence-electron chi connectivity index (χ4n) is 1.88. The van der Waals surface area contributed by atoms with Crippen LogP contribution in [0.2, 0.25) is 0 Å². The molecule has 9 heteroatoms. The van der Waals surface area contributed by atoms with E-state index < -0.39 is 6.04 Å². The molecule has 0 aliphatic carbocycles. The Morgan fingerprint density at radius 2 is 1.96 bits per heavy atom. The molecular formula is C16H21N5O2S2. The monoisotopic (exact) mass is 379 g/mol. The van der Waals surface area contributed by atoms with Gasteiger partial charge in [-0.05, 0) is 32.9 Å². The summed E-state index contributed by atoms with van der Waals surface area (Å²) in [4.78, 5) is 23.5. The van der Waals surface area contributed by atoms with E-state index in [2.05, 4.69) is 26.1 Å². The van der Waals surface area contributed by atoms with Gasteiger partial charge in [-0.1, -0.05) is 40.8 Å². The maximum atomic E-state index is 11.9. The van der Waals surface area contributed by atoms with Gasteiger partial charge in [-0.2, -0.15) is 0 Å². The van der Waals surface area contributed by atoms with Crippen molar-refractivity contribution >= 4 is 45.7 Å². The average Bonchev–Trinajstić information content (AvgIpc) is 3.03. The molecule has 0 saturated heterocycles. The van der Waals surface area contributed by atoms with Gasteiger partial charge in [0.05, 0.1) is 5.75 Å². The molecule has 0 bridgehead atoms. The smallest absolute Gasteiger partial charge is 0.242 e. The number of nitrogens with one attached hydrogen (secondary N) is 3. The highest BCUT2D eigenvalue weighted by Gasteiger charge is 2.15. The molecule has 1 heterocycles. The van der Waals surface area contributed by atoms with Gasteiger partial charge in [0.15, 0.2) is 4.34 Å². The Morgan fingerprint density at radius 1 is 1.24 bits per heavy atom. The van der Waals surface area contributed by atoms with Crippen LogP contribution in [0.1, 0.15) is 19.4 Å². The first-order chi connectivity index (χ1) is 12.0. The summed E-state index contributed by atoms with van der Waals surface area (Å²) in [6, 6.07) is 7.42. The second kappa shape index (κ2) is 9.38. The summed E-state index contributed by atoms with van der Waals surface area (Å²) >= 11 is 2.67. The lowest BCUT2D eigenvalue weighted by molar-refractivity contribution is -0.127. The van der Waals surface area contributed by atoms with Gasteiger partial charge in [0.2, 0.25) is 16.9 Å². The number of hydrogen-bond acceptors (Lipinski definition) is 7. The predicted octanol–water partition coefficient (Wildman–Crippen LogP) is 2.32. The number of carbonyl (C=O) groups excluding carboxylic acids is 2. The third-order valence-electron chi connectivity index (χ3n) is 3.16. The molecule has 0 spiro atoms. The quantitative estimate of drug-likeness (QED) is 0.609. The summed E-state index contributed by atoms with van der Waals surface area (Å²) < 4.78 is 0.690. The summed E-state index contributed by atoms with van der Waals surface area (Å²) in [5, 5.41) is 17.3. The zero-order valence-corrected chi connectivity index (χ0v) is 16.0. The fraction of sp³-hybridized carbons (Fsp3) is 0.375. The van der Waals surface area contributed by atoms with Gasteiger partial charge in [-0.25, -0.2) is 0 Å². The van der Waals surface area contributed by atoms with Gasteiger partial charge in [0.25, 0.3) is 0 Å². The van der Waals surface area contributed by atoms with Gasteiger partial charge >= 0.3 is 0 Å². The third kappa shape index (κ3) is 6.35. The van der Waals surface area contributed by atoms with Crippen molar-refractivity contribution in [2.45, 2.75) is 31.2 Å². The number of thioether (sulfide) groups is 1. The molecule has 0 aliphatic rings. The molecule has 0 aliphatic heterocycles. The zero-order valence-electron chi connectivity index (χ0n) is 14.3. The topological polar surface area (TPSA) is 96.0 Å². The largest absolute Gasteiger partial charge is 0.355 e. The van der Waals surface area contributed by atoms with Crippen LogP contribution in [0.5, 0.6) is 0 Å². The van der Waals surface area contributed by atoms with E-state index in [1.165, 1.54) is 28.7 Å². The van der Waals surface area contributed by atoms with Crippen molar-refractivity contribution < 1.29 is 9.59 Å². The molecule has 0 radical (unpaired) electrons. The summed E-state index contributed by atoms with van der Waals surface area (Å²) in [6.07, 6.45) is 0. The maximum Gasteiger partial charge on any atom is 0.242 e. The van der Waals surface area contributed by atoms with Gasteiger partial charge in [0, 0.05) is 12.2 Å². The number of aromatic nitrogens is 2. The van der Waals surface area contributed by atoms with E-state index in [0.29, 0.717) is 16.0 Å². The number of amides is 2. The van der Waals surface area contributed by atoms with E-state index in [0.717, 1.165) is 5.69 Å². The molecule has 0 saturated carbocycles. The van der Waals surface area contributed by atoms with Crippen LogP contribution in [0.3, 0.4) is 0 Å². The number of anilines is 2. The molecule has 25 heavy (non-hydrogen) atoms. The fourth-order valence-corrected chi connectivity index (χ4v) is 3.47. The molecule has 0 fully saturated rings. The first-order valence-electron chi connectivity index (χ1n) is 7.85. The molecule has 2 aromatic rings. The van der Waals surface area contributed by atoms with Crippen molar-refractivity contribution in [3.05, 3.63) is 29.8 Å². The highest BCUT2D eigenvalue weighted by atomic mass is 32.2. The second-order valence-electron chi connectivity index (χ2n) is 5.34. The van der Waals surface area contributed by atoms with Crippen LogP contribution < -0.4 is 16.0 Å². The number of hydrogen-bond donors (Lipinski definition) is 3. The van der Waals surface area contributed by atoms with Crippen molar-refractivity contribution in [3.8, 4) is 0 Å². The van der Waals surface area contributed by atoms with Crippen LogP contribution in [0, 0.1) is 6.92 Å². The van der Waals surface area contributed by atoms with E-state index in [1.54, 1.807) is 6.92 Å². The van der Waals surface area contributed by atoms with Gasteiger partial charge in [0.1, 0.15) is 6.04 Å². The van der Waals surface area contributed by atoms with Crippen molar-refractivity contribution in [2.24, 2.45) is 0 Å². The Hall–Kier alpha value is -2.13. The minimum Gasteiger partial charge on any atom is -0.355 e. The van der Waals surface area contributed by atoms with Gasteiger partial charge < -0.3 is 16.0 Å². The van der Waals surface area contributed by atoms with Crippen LogP contribution in [0.4, 0.5) is 10.8 Å². The number of aryl methyl sites for hydroxylation is 1. The maximum absolute atomic E-state index is 11.9. The molecule has 1 aromatic carbocycles. The Kier molecular flexibility index (Phi) is 7.20. The van der Waals surface area contributed by atoms with Crippen molar-refractivity contribution in [1.82, 2.24) is 20.8 Å².